The molecule has 8 heteroatoms. The van der Waals surface area contributed by atoms with Crippen molar-refractivity contribution in [1.82, 2.24) is 24.2 Å². The molecule has 0 aliphatic rings. The summed E-state index contributed by atoms with van der Waals surface area (Å²) in [5.41, 5.74) is 6.91. The number of aromatic nitrogens is 5. The van der Waals surface area contributed by atoms with Gasteiger partial charge in [0.05, 0.1) is 12.8 Å². The topological polar surface area (TPSA) is 56.7 Å². The highest BCUT2D eigenvalue weighted by Crippen LogP contribution is 2.28. The monoisotopic (exact) mass is 433 g/mol. The van der Waals surface area contributed by atoms with Crippen LogP contribution in [0.25, 0.3) is 22.4 Å². The number of halogens is 1. The molecule has 5 aromatic rings. The minimum Gasteiger partial charge on any atom is -0.494 e. The zero-order chi connectivity index (χ0) is 21.5. The van der Waals surface area contributed by atoms with Crippen LogP contribution in [0, 0.1) is 19.7 Å². The van der Waals surface area contributed by atoms with Crippen molar-refractivity contribution >= 4 is 22.9 Å². The fourth-order valence-electron chi connectivity index (χ4n) is 3.48. The van der Waals surface area contributed by atoms with Gasteiger partial charge in [-0.05, 0) is 54.8 Å². The summed E-state index contributed by atoms with van der Waals surface area (Å²) < 4.78 is 22.7. The highest BCUT2D eigenvalue weighted by atomic mass is 32.2. The average Bonchev–Trinajstić information content (AvgIpc) is 3.38. The van der Waals surface area contributed by atoms with Gasteiger partial charge in [-0.2, -0.15) is 5.10 Å². The molecular weight excluding hydrogens is 413 g/mol. The smallest absolute Gasteiger partial charge is 0.196 e. The molecule has 0 bridgehead atoms. The average molecular weight is 434 g/mol. The van der Waals surface area contributed by atoms with Gasteiger partial charge in [0.15, 0.2) is 22.4 Å². The van der Waals surface area contributed by atoms with E-state index in [1.807, 2.05) is 33.4 Å². The number of aryl methyl sites for hydroxylation is 2. The van der Waals surface area contributed by atoms with Gasteiger partial charge in [-0.15, -0.1) is 10.2 Å². The lowest BCUT2D eigenvalue weighted by Gasteiger charge is -2.05. The van der Waals surface area contributed by atoms with Crippen molar-refractivity contribution in [1.29, 1.82) is 0 Å². The number of fused-ring (bicyclic) bond motifs is 3. The molecule has 0 radical (unpaired) electrons. The van der Waals surface area contributed by atoms with Crippen molar-refractivity contribution in [2.45, 2.75) is 24.8 Å². The summed E-state index contributed by atoms with van der Waals surface area (Å²) in [5, 5.41) is 14.2. The van der Waals surface area contributed by atoms with Crippen LogP contribution in [-0.4, -0.2) is 31.3 Å². The molecule has 0 amide bonds. The van der Waals surface area contributed by atoms with Crippen LogP contribution in [0.3, 0.4) is 0 Å². The van der Waals surface area contributed by atoms with Crippen molar-refractivity contribution in [3.63, 3.8) is 0 Å². The van der Waals surface area contributed by atoms with Crippen molar-refractivity contribution in [2.75, 3.05) is 7.11 Å². The Morgan fingerprint density at radius 2 is 1.87 bits per heavy atom. The fourth-order valence-corrected chi connectivity index (χ4v) is 4.34. The van der Waals surface area contributed by atoms with Crippen LogP contribution in [0.5, 0.6) is 5.75 Å². The lowest BCUT2D eigenvalue weighted by molar-refractivity contribution is 0.386. The van der Waals surface area contributed by atoms with Crippen LogP contribution >= 0.6 is 11.8 Å². The number of benzene rings is 2. The van der Waals surface area contributed by atoms with Gasteiger partial charge >= 0.3 is 0 Å². The van der Waals surface area contributed by atoms with Crippen LogP contribution in [0.1, 0.15) is 16.7 Å². The predicted octanol–water partition coefficient (Wildman–Crippen LogP) is 5.10. The maximum absolute atomic E-state index is 14.0. The molecule has 3 heterocycles. The van der Waals surface area contributed by atoms with Crippen molar-refractivity contribution in [3.8, 4) is 17.0 Å². The summed E-state index contributed by atoms with van der Waals surface area (Å²) in [6.07, 6.45) is 3.80. The highest BCUT2D eigenvalue weighted by molar-refractivity contribution is 7.98. The number of thioether (sulfide) groups is 1. The molecule has 2 aromatic carbocycles. The molecular formula is C23H20FN5OS. The minimum absolute atomic E-state index is 0.240. The predicted molar refractivity (Wildman–Crippen MR) is 119 cm³/mol. The Kier molecular flexibility index (Phi) is 4.86. The second kappa shape index (κ2) is 7.70. The quantitative estimate of drug-likeness (QED) is 0.361. The molecule has 0 atom stereocenters. The Hall–Kier alpha value is -3.39. The Morgan fingerprint density at radius 3 is 2.65 bits per heavy atom. The third-order valence-corrected chi connectivity index (χ3v) is 6.39. The maximum atomic E-state index is 14.0. The van der Waals surface area contributed by atoms with Gasteiger partial charge in [-0.3, -0.25) is 4.40 Å². The number of hydrogen-bond donors (Lipinski definition) is 0. The van der Waals surface area contributed by atoms with Gasteiger partial charge in [0.25, 0.3) is 0 Å². The van der Waals surface area contributed by atoms with Crippen molar-refractivity contribution in [2.24, 2.45) is 0 Å². The molecule has 0 aliphatic heterocycles. The summed E-state index contributed by atoms with van der Waals surface area (Å²) in [7, 11) is 1.46. The number of methoxy groups -OCH3 is 1. The highest BCUT2D eigenvalue weighted by Gasteiger charge is 2.14. The standard InChI is InChI=1S/C23H20FN5OS/c1-14-4-6-17(10-15(14)2)19-12-20-22-25-26-23(28(22)8-9-29(20)27-19)31-13-16-5-7-21(30-3)18(24)11-16/h4-12H,13H2,1-3H3. The van der Waals surface area contributed by atoms with Crippen molar-refractivity contribution in [3.05, 3.63) is 77.4 Å². The minimum atomic E-state index is -0.369. The molecule has 31 heavy (non-hydrogen) atoms. The van der Waals surface area contributed by atoms with Gasteiger partial charge in [-0.1, -0.05) is 30.0 Å². The molecule has 0 saturated carbocycles. The van der Waals surface area contributed by atoms with Gasteiger partial charge in [0, 0.05) is 23.7 Å². The molecule has 0 aliphatic carbocycles. The normalized spacial score (nSPS) is 11.5. The molecule has 0 unspecified atom stereocenters. The number of hydrogen-bond acceptors (Lipinski definition) is 5. The maximum Gasteiger partial charge on any atom is 0.196 e. The molecule has 6 nitrogen and oxygen atoms in total. The number of ether oxygens (including phenoxy) is 1. The Balaban J connectivity index is 1.46. The van der Waals surface area contributed by atoms with Gasteiger partial charge in [0.1, 0.15) is 5.52 Å². The lowest BCUT2D eigenvalue weighted by atomic mass is 10.0. The molecule has 0 fully saturated rings. The zero-order valence-corrected chi connectivity index (χ0v) is 18.2. The summed E-state index contributed by atoms with van der Waals surface area (Å²) in [6.45, 7) is 4.20. The first-order valence-electron chi connectivity index (χ1n) is 9.79. The van der Waals surface area contributed by atoms with E-state index in [1.54, 1.807) is 6.07 Å². The summed E-state index contributed by atoms with van der Waals surface area (Å²) >= 11 is 1.50. The van der Waals surface area contributed by atoms with E-state index in [-0.39, 0.29) is 11.6 Å². The van der Waals surface area contributed by atoms with Crippen LogP contribution in [0.4, 0.5) is 4.39 Å². The number of nitrogens with zero attached hydrogens (tertiary/aromatic N) is 5. The van der Waals surface area contributed by atoms with E-state index in [0.717, 1.165) is 33.1 Å². The van der Waals surface area contributed by atoms with Gasteiger partial charge in [-0.25, -0.2) is 8.91 Å². The second-order valence-corrected chi connectivity index (χ2v) is 8.33. The molecule has 0 spiro atoms. The fraction of sp³-hybridized carbons (Fsp3) is 0.174. The molecule has 0 saturated heterocycles. The first kappa shape index (κ1) is 19.6. The third-order valence-electron chi connectivity index (χ3n) is 5.37. The van der Waals surface area contributed by atoms with E-state index in [4.69, 9.17) is 9.84 Å². The SMILES string of the molecule is COc1ccc(CSc2nnc3c4cc(-c5ccc(C)c(C)c5)nn4ccn23)cc1F. The Labute approximate surface area is 182 Å². The largest absolute Gasteiger partial charge is 0.494 e. The van der Waals surface area contributed by atoms with E-state index in [0.29, 0.717) is 5.75 Å². The van der Waals surface area contributed by atoms with Crippen LogP contribution in [0.15, 0.2) is 60.0 Å². The summed E-state index contributed by atoms with van der Waals surface area (Å²) in [5.74, 6) is 0.441. The number of rotatable bonds is 5. The molecule has 3 aromatic heterocycles. The van der Waals surface area contributed by atoms with Crippen LogP contribution in [-0.2, 0) is 5.75 Å². The third kappa shape index (κ3) is 3.53. The lowest BCUT2D eigenvalue weighted by Crippen LogP contribution is -1.94. The van der Waals surface area contributed by atoms with E-state index in [1.165, 1.54) is 36.1 Å². The molecule has 5 rings (SSSR count). The van der Waals surface area contributed by atoms with Crippen LogP contribution < -0.4 is 4.74 Å². The van der Waals surface area contributed by atoms with Gasteiger partial charge < -0.3 is 4.74 Å². The van der Waals surface area contributed by atoms with E-state index in [9.17, 15) is 4.39 Å². The molecule has 0 N–H and O–H groups in total. The van der Waals surface area contributed by atoms with E-state index >= 15 is 0 Å². The second-order valence-electron chi connectivity index (χ2n) is 7.39. The summed E-state index contributed by atoms with van der Waals surface area (Å²) in [6, 6.07) is 13.3. The van der Waals surface area contributed by atoms with Crippen molar-refractivity contribution < 1.29 is 9.13 Å². The molecule has 156 valence electrons. The first-order valence-corrected chi connectivity index (χ1v) is 10.8. The van der Waals surface area contributed by atoms with E-state index in [2.05, 4.69) is 42.2 Å². The van der Waals surface area contributed by atoms with Crippen LogP contribution in [0.2, 0.25) is 0 Å². The summed E-state index contributed by atoms with van der Waals surface area (Å²) in [4.78, 5) is 0. The first-order chi connectivity index (χ1) is 15.0. The van der Waals surface area contributed by atoms with Gasteiger partial charge in [0.2, 0.25) is 0 Å². The Bertz CT molecular complexity index is 1420. The zero-order valence-electron chi connectivity index (χ0n) is 17.3. The van der Waals surface area contributed by atoms with E-state index < -0.39 is 0 Å². The Morgan fingerprint density at radius 1 is 1.00 bits per heavy atom.